The van der Waals surface area contributed by atoms with E-state index in [2.05, 4.69) is 28.3 Å². The highest BCUT2D eigenvalue weighted by atomic mass is 16.5. The smallest absolute Gasteiger partial charge is 0.262 e. The molecule has 1 heterocycles. The zero-order chi connectivity index (χ0) is 17.6. The van der Waals surface area contributed by atoms with Crippen LogP contribution in [0.4, 0.5) is 0 Å². The lowest BCUT2D eigenvalue weighted by atomic mass is 10.0. The minimum Gasteiger partial charge on any atom is -0.497 e. The molecule has 0 radical (unpaired) electrons. The Labute approximate surface area is 147 Å². The Morgan fingerprint density at radius 2 is 1.88 bits per heavy atom. The van der Waals surface area contributed by atoms with E-state index in [4.69, 9.17) is 9.47 Å². The summed E-state index contributed by atoms with van der Waals surface area (Å²) >= 11 is 0. The van der Waals surface area contributed by atoms with Crippen molar-refractivity contribution < 1.29 is 14.3 Å². The fourth-order valence-electron chi connectivity index (χ4n) is 2.78. The molecule has 0 spiro atoms. The highest BCUT2D eigenvalue weighted by Gasteiger charge is 2.27. The molecular weight excluding hydrogens is 318 g/mol. The molecule has 6 nitrogen and oxygen atoms in total. The number of carbonyl (C=O) groups is 1. The van der Waals surface area contributed by atoms with Gasteiger partial charge in [0.2, 0.25) is 0 Å². The summed E-state index contributed by atoms with van der Waals surface area (Å²) in [5.41, 5.74) is 7.51. The van der Waals surface area contributed by atoms with Crippen molar-refractivity contribution in [2.45, 2.75) is 31.7 Å². The summed E-state index contributed by atoms with van der Waals surface area (Å²) in [5, 5.41) is 2.96. The third kappa shape index (κ3) is 4.49. The number of benzene rings is 2. The molecule has 0 aromatic heterocycles. The Morgan fingerprint density at radius 1 is 1.12 bits per heavy atom. The average molecular weight is 341 g/mol. The lowest BCUT2D eigenvalue weighted by molar-refractivity contribution is -0.128. The van der Waals surface area contributed by atoms with Crippen LogP contribution in [0.25, 0.3) is 0 Å². The van der Waals surface area contributed by atoms with Crippen LogP contribution in [0, 0.1) is 0 Å². The minimum atomic E-state index is -0.607. The average Bonchev–Trinajstić information content (AvgIpc) is 3.11. The van der Waals surface area contributed by atoms with Gasteiger partial charge in [0.25, 0.3) is 5.91 Å². The Morgan fingerprint density at radius 3 is 2.64 bits per heavy atom. The Bertz CT molecular complexity index is 708. The second-order valence-corrected chi connectivity index (χ2v) is 5.99. The van der Waals surface area contributed by atoms with Gasteiger partial charge in [-0.15, -0.1) is 0 Å². The molecule has 2 aromatic rings. The zero-order valence-corrected chi connectivity index (χ0v) is 14.4. The van der Waals surface area contributed by atoms with Crippen LogP contribution in [0.15, 0.2) is 54.6 Å². The topological polar surface area (TPSA) is 71.6 Å². The van der Waals surface area contributed by atoms with E-state index in [0.717, 1.165) is 6.42 Å². The monoisotopic (exact) mass is 341 g/mol. The summed E-state index contributed by atoms with van der Waals surface area (Å²) in [6.45, 7) is 1.73. The van der Waals surface area contributed by atoms with Gasteiger partial charge in [-0.3, -0.25) is 4.79 Å². The molecule has 25 heavy (non-hydrogen) atoms. The molecule has 3 rings (SSSR count). The van der Waals surface area contributed by atoms with Crippen LogP contribution in [-0.4, -0.2) is 25.3 Å². The highest BCUT2D eigenvalue weighted by molar-refractivity contribution is 5.81. The van der Waals surface area contributed by atoms with Gasteiger partial charge in [0.15, 0.2) is 6.10 Å². The zero-order valence-electron chi connectivity index (χ0n) is 14.4. The quantitative estimate of drug-likeness (QED) is 0.751. The maximum atomic E-state index is 12.4. The lowest BCUT2D eigenvalue weighted by Gasteiger charge is -2.18. The molecule has 2 aromatic carbocycles. The van der Waals surface area contributed by atoms with E-state index in [0.29, 0.717) is 11.5 Å². The number of ether oxygens (including phenoxy) is 2. The van der Waals surface area contributed by atoms with Crippen LogP contribution < -0.4 is 25.6 Å². The molecule has 1 aliphatic heterocycles. The third-order valence-electron chi connectivity index (χ3n) is 4.14. The maximum absolute atomic E-state index is 12.4. The molecule has 3 unspecified atom stereocenters. The van der Waals surface area contributed by atoms with E-state index >= 15 is 0 Å². The molecule has 1 saturated heterocycles. The van der Waals surface area contributed by atoms with Crippen LogP contribution in [-0.2, 0) is 4.79 Å². The van der Waals surface area contributed by atoms with Crippen molar-refractivity contribution in [1.82, 2.24) is 16.2 Å². The fourth-order valence-corrected chi connectivity index (χ4v) is 2.78. The largest absolute Gasteiger partial charge is 0.497 e. The number of rotatable bonds is 6. The number of amides is 1. The second kappa shape index (κ2) is 8.00. The van der Waals surface area contributed by atoms with Gasteiger partial charge in [-0.1, -0.05) is 36.4 Å². The molecule has 0 saturated carbocycles. The minimum absolute atomic E-state index is 0.144. The van der Waals surface area contributed by atoms with Gasteiger partial charge < -0.3 is 14.8 Å². The summed E-state index contributed by atoms with van der Waals surface area (Å²) in [6, 6.07) is 17.5. The number of hydrogen-bond acceptors (Lipinski definition) is 5. The summed E-state index contributed by atoms with van der Waals surface area (Å²) in [5.74, 6) is 1.12. The van der Waals surface area contributed by atoms with Crippen LogP contribution >= 0.6 is 0 Å². The normalized spacial score (nSPS) is 20.7. The van der Waals surface area contributed by atoms with Crippen molar-refractivity contribution in [3.05, 3.63) is 60.2 Å². The molecule has 0 aliphatic carbocycles. The van der Waals surface area contributed by atoms with E-state index in [9.17, 15) is 4.79 Å². The van der Waals surface area contributed by atoms with Gasteiger partial charge in [0, 0.05) is 18.5 Å². The van der Waals surface area contributed by atoms with Crippen molar-refractivity contribution in [3.63, 3.8) is 0 Å². The lowest BCUT2D eigenvalue weighted by Crippen LogP contribution is -2.48. The first-order valence-electron chi connectivity index (χ1n) is 8.33. The number of methoxy groups -OCH3 is 1. The third-order valence-corrected chi connectivity index (χ3v) is 4.14. The summed E-state index contributed by atoms with van der Waals surface area (Å²) in [4.78, 5) is 12.4. The SMILES string of the molecule is COc1cccc(OC(C)C(=O)NC2CC(c3ccccc3)NN2)c1. The van der Waals surface area contributed by atoms with Crippen LogP contribution in [0.5, 0.6) is 11.5 Å². The molecule has 1 fully saturated rings. The van der Waals surface area contributed by atoms with Crippen molar-refractivity contribution >= 4 is 5.91 Å². The van der Waals surface area contributed by atoms with E-state index < -0.39 is 6.10 Å². The van der Waals surface area contributed by atoms with Gasteiger partial charge in [-0.25, -0.2) is 10.9 Å². The van der Waals surface area contributed by atoms with E-state index in [1.807, 2.05) is 30.3 Å². The van der Waals surface area contributed by atoms with E-state index in [-0.39, 0.29) is 18.1 Å². The molecule has 3 N–H and O–H groups in total. The molecule has 1 aliphatic rings. The first-order chi connectivity index (χ1) is 12.2. The molecule has 6 heteroatoms. The summed E-state index contributed by atoms with van der Waals surface area (Å²) < 4.78 is 10.9. The Hall–Kier alpha value is -2.57. The predicted molar refractivity (Wildman–Crippen MR) is 95.1 cm³/mol. The molecule has 1 amide bonds. The number of hydrogen-bond donors (Lipinski definition) is 3. The number of carbonyl (C=O) groups excluding carboxylic acids is 1. The van der Waals surface area contributed by atoms with Crippen molar-refractivity contribution in [1.29, 1.82) is 0 Å². The first-order valence-corrected chi connectivity index (χ1v) is 8.33. The molecule has 132 valence electrons. The number of hydrazine groups is 1. The Kier molecular flexibility index (Phi) is 5.53. The molecule has 3 atom stereocenters. The van der Waals surface area contributed by atoms with Crippen molar-refractivity contribution in [2.75, 3.05) is 7.11 Å². The number of nitrogens with one attached hydrogen (secondary N) is 3. The van der Waals surface area contributed by atoms with Gasteiger partial charge in [-0.2, -0.15) is 0 Å². The van der Waals surface area contributed by atoms with Gasteiger partial charge >= 0.3 is 0 Å². The Balaban J connectivity index is 1.52. The van der Waals surface area contributed by atoms with Crippen LogP contribution in [0.3, 0.4) is 0 Å². The second-order valence-electron chi connectivity index (χ2n) is 5.99. The molecule has 0 bridgehead atoms. The highest BCUT2D eigenvalue weighted by Crippen LogP contribution is 2.22. The van der Waals surface area contributed by atoms with Gasteiger partial charge in [-0.05, 0) is 24.6 Å². The van der Waals surface area contributed by atoms with E-state index in [1.54, 1.807) is 26.2 Å². The van der Waals surface area contributed by atoms with Crippen LogP contribution in [0.1, 0.15) is 24.9 Å². The maximum Gasteiger partial charge on any atom is 0.262 e. The van der Waals surface area contributed by atoms with Crippen molar-refractivity contribution in [2.24, 2.45) is 0 Å². The van der Waals surface area contributed by atoms with Crippen LogP contribution in [0.2, 0.25) is 0 Å². The summed E-state index contributed by atoms with van der Waals surface area (Å²) in [7, 11) is 1.59. The predicted octanol–water partition coefficient (Wildman–Crippen LogP) is 2.14. The fraction of sp³-hybridized carbons (Fsp3) is 0.316. The summed E-state index contributed by atoms with van der Waals surface area (Å²) in [6.07, 6.45) is 0.0143. The molecular formula is C19H23N3O3. The van der Waals surface area contributed by atoms with E-state index in [1.165, 1.54) is 5.56 Å². The van der Waals surface area contributed by atoms with Gasteiger partial charge in [0.1, 0.15) is 11.5 Å². The van der Waals surface area contributed by atoms with Crippen molar-refractivity contribution in [3.8, 4) is 11.5 Å². The standard InChI is InChI=1S/C19H23N3O3/c1-13(25-16-10-6-9-15(11-16)24-2)19(23)20-18-12-17(21-22-18)14-7-4-3-5-8-14/h3-11,13,17-18,21-22H,12H2,1-2H3,(H,20,23). The first kappa shape index (κ1) is 17.3. The van der Waals surface area contributed by atoms with Gasteiger partial charge in [0.05, 0.1) is 13.3 Å².